The third kappa shape index (κ3) is 8.64. The maximum atomic E-state index is 6.04. The second-order valence-corrected chi connectivity index (χ2v) is 5.51. The highest BCUT2D eigenvalue weighted by molar-refractivity contribution is 6.10. The summed E-state index contributed by atoms with van der Waals surface area (Å²) in [6, 6.07) is 0.228. The predicted molar refractivity (Wildman–Crippen MR) is 74.3 cm³/mol. The third-order valence-electron chi connectivity index (χ3n) is 2.50. The smallest absolute Gasteiger partial charge is 0.139 e. The van der Waals surface area contributed by atoms with Gasteiger partial charge in [0.05, 0.1) is 25.4 Å². The van der Waals surface area contributed by atoms with Crippen LogP contribution in [0.15, 0.2) is 0 Å². The van der Waals surface area contributed by atoms with E-state index >= 15 is 0 Å². The molecular weight excluding hydrogens is 215 g/mol. The lowest BCUT2D eigenvalue weighted by atomic mass is 9.96. The van der Waals surface area contributed by atoms with Crippen LogP contribution in [0.25, 0.3) is 0 Å². The van der Waals surface area contributed by atoms with Crippen molar-refractivity contribution < 1.29 is 14.2 Å². The van der Waals surface area contributed by atoms with Gasteiger partial charge in [-0.3, -0.25) is 0 Å². The van der Waals surface area contributed by atoms with Gasteiger partial charge in [0.25, 0.3) is 0 Å². The van der Waals surface area contributed by atoms with E-state index in [2.05, 4.69) is 21.7 Å². The summed E-state index contributed by atoms with van der Waals surface area (Å²) in [5, 5.41) is 0. The lowest BCUT2D eigenvalue weighted by Gasteiger charge is -2.33. The number of ether oxygens (including phenoxy) is 3. The molecule has 0 saturated heterocycles. The van der Waals surface area contributed by atoms with Crippen LogP contribution in [-0.4, -0.2) is 44.9 Å². The Morgan fingerprint density at radius 3 is 1.71 bits per heavy atom. The van der Waals surface area contributed by atoms with Crippen molar-refractivity contribution in [3.63, 3.8) is 0 Å². The van der Waals surface area contributed by atoms with Gasteiger partial charge in [0.15, 0.2) is 0 Å². The van der Waals surface area contributed by atoms with Crippen molar-refractivity contribution in [3.05, 3.63) is 0 Å². The Hall–Kier alpha value is -0.0551. The van der Waals surface area contributed by atoms with Crippen molar-refractivity contribution in [1.82, 2.24) is 0 Å². The van der Waals surface area contributed by atoms with Crippen LogP contribution in [0.4, 0.5) is 0 Å². The molecule has 0 heterocycles. The molecule has 0 fully saturated rings. The normalized spacial score (nSPS) is 14.6. The summed E-state index contributed by atoms with van der Waals surface area (Å²) in [5.74, 6) is 0. The van der Waals surface area contributed by atoms with Gasteiger partial charge in [-0.25, -0.2) is 0 Å². The van der Waals surface area contributed by atoms with Gasteiger partial charge in [0.2, 0.25) is 0 Å². The summed E-state index contributed by atoms with van der Waals surface area (Å²) in [4.78, 5) is 0. The van der Waals surface area contributed by atoms with E-state index in [1.54, 1.807) is 0 Å². The van der Waals surface area contributed by atoms with Gasteiger partial charge in [-0.05, 0) is 41.0 Å². The molecule has 0 spiro atoms. The molecule has 0 N–H and O–H groups in total. The van der Waals surface area contributed by atoms with E-state index in [0.717, 1.165) is 6.42 Å². The predicted octanol–water partition coefficient (Wildman–Crippen LogP) is 1.98. The molecule has 0 rings (SSSR count). The van der Waals surface area contributed by atoms with Crippen molar-refractivity contribution in [1.29, 1.82) is 0 Å². The van der Waals surface area contributed by atoms with Crippen molar-refractivity contribution in [2.45, 2.75) is 71.8 Å². The van der Waals surface area contributed by atoms with Crippen LogP contribution in [0.3, 0.4) is 0 Å². The van der Waals surface area contributed by atoms with Gasteiger partial charge in [0.1, 0.15) is 13.4 Å². The fourth-order valence-electron chi connectivity index (χ4n) is 1.36. The summed E-state index contributed by atoms with van der Waals surface area (Å²) in [6.45, 7) is 13.5. The van der Waals surface area contributed by atoms with E-state index in [9.17, 15) is 0 Å². The van der Waals surface area contributed by atoms with Crippen LogP contribution in [0.5, 0.6) is 0 Å². The number of hydrogen-bond acceptors (Lipinski definition) is 3. The first-order chi connectivity index (χ1) is 7.79. The average molecular weight is 244 g/mol. The van der Waals surface area contributed by atoms with Gasteiger partial charge >= 0.3 is 0 Å². The highest BCUT2D eigenvalue weighted by atomic mass is 16.6. The summed E-state index contributed by atoms with van der Waals surface area (Å²) in [6.07, 6.45) is 1.43. The van der Waals surface area contributed by atoms with Gasteiger partial charge in [-0.1, -0.05) is 6.92 Å². The standard InChI is InChI=1S/C13H29BO3/c1-7-12(14)17-13(6,8-15-10(2)3)9-16-11(4)5/h10-12H,7-9,14H2,1-6H3/t12-/m1/s1. The molecule has 0 saturated carbocycles. The fourth-order valence-corrected chi connectivity index (χ4v) is 1.36. The summed E-state index contributed by atoms with van der Waals surface area (Å²) >= 11 is 0. The molecule has 0 aliphatic rings. The molecule has 0 unspecified atom stereocenters. The van der Waals surface area contributed by atoms with Crippen molar-refractivity contribution in [3.8, 4) is 0 Å². The molecule has 0 aromatic carbocycles. The Labute approximate surface area is 108 Å². The number of rotatable bonds is 9. The molecule has 0 radical (unpaired) electrons. The van der Waals surface area contributed by atoms with Crippen LogP contribution < -0.4 is 0 Å². The Bertz CT molecular complexity index is 183. The van der Waals surface area contributed by atoms with E-state index < -0.39 is 0 Å². The summed E-state index contributed by atoms with van der Waals surface area (Å²) < 4.78 is 17.4. The maximum absolute atomic E-state index is 6.04. The van der Waals surface area contributed by atoms with E-state index in [-0.39, 0.29) is 23.8 Å². The molecule has 0 aliphatic carbocycles. The molecule has 102 valence electrons. The van der Waals surface area contributed by atoms with E-state index in [0.29, 0.717) is 13.2 Å². The van der Waals surface area contributed by atoms with Crippen LogP contribution in [0.2, 0.25) is 0 Å². The van der Waals surface area contributed by atoms with Gasteiger partial charge < -0.3 is 14.2 Å². The Balaban J connectivity index is 4.33. The van der Waals surface area contributed by atoms with Crippen molar-refractivity contribution >= 4 is 7.85 Å². The third-order valence-corrected chi connectivity index (χ3v) is 2.50. The highest BCUT2D eigenvalue weighted by Crippen LogP contribution is 2.17. The molecule has 0 bridgehead atoms. The first-order valence-electron chi connectivity index (χ1n) is 6.70. The summed E-state index contributed by atoms with van der Waals surface area (Å²) in [7, 11) is 2.09. The molecule has 1 atom stereocenters. The van der Waals surface area contributed by atoms with E-state index in [1.165, 1.54) is 0 Å². The molecule has 3 nitrogen and oxygen atoms in total. The quantitative estimate of drug-likeness (QED) is 0.580. The van der Waals surface area contributed by atoms with Crippen LogP contribution in [-0.2, 0) is 14.2 Å². The monoisotopic (exact) mass is 244 g/mol. The Kier molecular flexibility index (Phi) is 8.09. The van der Waals surface area contributed by atoms with Crippen molar-refractivity contribution in [2.75, 3.05) is 13.2 Å². The summed E-state index contributed by atoms with van der Waals surface area (Å²) in [5.41, 5.74) is -0.357. The highest BCUT2D eigenvalue weighted by Gasteiger charge is 2.28. The van der Waals surface area contributed by atoms with Crippen LogP contribution in [0, 0.1) is 0 Å². The van der Waals surface area contributed by atoms with Crippen molar-refractivity contribution in [2.24, 2.45) is 0 Å². The lowest BCUT2D eigenvalue weighted by molar-refractivity contribution is -0.150. The molecule has 0 aromatic rings. The average Bonchev–Trinajstić information content (AvgIpc) is 2.24. The lowest BCUT2D eigenvalue weighted by Crippen LogP contribution is -2.44. The molecule has 0 amide bonds. The molecule has 0 aromatic heterocycles. The number of hydrogen-bond donors (Lipinski definition) is 0. The van der Waals surface area contributed by atoms with Crippen LogP contribution in [0.1, 0.15) is 48.0 Å². The first kappa shape index (κ1) is 16.9. The first-order valence-corrected chi connectivity index (χ1v) is 6.70. The zero-order chi connectivity index (χ0) is 13.5. The second kappa shape index (κ2) is 8.12. The minimum Gasteiger partial charge on any atom is -0.376 e. The van der Waals surface area contributed by atoms with E-state index in [4.69, 9.17) is 14.2 Å². The van der Waals surface area contributed by atoms with Gasteiger partial charge in [-0.15, -0.1) is 0 Å². The molecule has 4 heteroatoms. The fraction of sp³-hybridized carbons (Fsp3) is 1.00. The second-order valence-electron chi connectivity index (χ2n) is 5.51. The zero-order valence-corrected chi connectivity index (χ0v) is 12.6. The largest absolute Gasteiger partial charge is 0.376 e. The van der Waals surface area contributed by atoms with E-state index in [1.807, 2.05) is 27.7 Å². The van der Waals surface area contributed by atoms with Crippen LogP contribution >= 0.6 is 0 Å². The minimum atomic E-state index is -0.357. The Morgan fingerprint density at radius 1 is 1.00 bits per heavy atom. The molecule has 0 aliphatic heterocycles. The molecular formula is C13H29BO3. The minimum absolute atomic E-state index is 0.217. The SMILES string of the molecule is B[C@@H](CC)OC(C)(COC(C)C)COC(C)C. The van der Waals surface area contributed by atoms with Gasteiger partial charge in [0, 0.05) is 6.00 Å². The maximum Gasteiger partial charge on any atom is 0.139 e. The molecule has 17 heavy (non-hydrogen) atoms. The van der Waals surface area contributed by atoms with Gasteiger partial charge in [-0.2, -0.15) is 0 Å². The zero-order valence-electron chi connectivity index (χ0n) is 12.6. The Morgan fingerprint density at radius 2 is 1.41 bits per heavy atom. The topological polar surface area (TPSA) is 27.7 Å².